The maximum Gasteiger partial charge on any atom is 0.329 e. The topological polar surface area (TPSA) is 192 Å². The number of para-hydroxylation sites is 2. The number of benzene rings is 2. The van der Waals surface area contributed by atoms with Crippen molar-refractivity contribution in [1.29, 1.82) is 0 Å². The Morgan fingerprint density at radius 3 is 1.43 bits per heavy atom. The van der Waals surface area contributed by atoms with Crippen molar-refractivity contribution in [3.8, 4) is 0 Å². The third-order valence-corrected chi connectivity index (χ3v) is 10.6. The second-order valence-corrected chi connectivity index (χ2v) is 17.9. The van der Waals surface area contributed by atoms with Gasteiger partial charge in [0, 0.05) is 46.0 Å². The van der Waals surface area contributed by atoms with Crippen molar-refractivity contribution in [2.75, 3.05) is 27.2 Å². The monoisotopic (exact) mass is 832 g/mol. The second-order valence-electron chi connectivity index (χ2n) is 17.9. The van der Waals surface area contributed by atoms with E-state index in [9.17, 15) is 19.2 Å². The van der Waals surface area contributed by atoms with Gasteiger partial charge in [-0.1, -0.05) is 57.2 Å². The lowest BCUT2D eigenvalue weighted by Gasteiger charge is -2.26. The van der Waals surface area contributed by atoms with Crippen LogP contribution in [0.15, 0.2) is 60.9 Å². The van der Waals surface area contributed by atoms with E-state index in [0.717, 1.165) is 71.7 Å². The van der Waals surface area contributed by atoms with Crippen molar-refractivity contribution < 1.29 is 28.7 Å². The van der Waals surface area contributed by atoms with Gasteiger partial charge in [-0.15, -0.1) is 0 Å². The Bertz CT molecular complexity index is 1820. The second kappa shape index (κ2) is 23.3. The number of hydrogen-bond acceptors (Lipinski definition) is 9. The number of unbranched alkanes of at least 4 members (excludes halogenated alkanes) is 2. The first-order valence-corrected chi connectivity index (χ1v) is 21.5. The van der Waals surface area contributed by atoms with Crippen LogP contribution in [-0.2, 0) is 28.7 Å². The molecule has 4 rings (SSSR count). The van der Waals surface area contributed by atoms with Crippen LogP contribution in [0.2, 0.25) is 0 Å². The molecule has 0 aliphatic heterocycles. The summed E-state index contributed by atoms with van der Waals surface area (Å²) in [4.78, 5) is 57.8. The number of aromatic nitrogens is 2. The van der Waals surface area contributed by atoms with Gasteiger partial charge >= 0.3 is 11.9 Å². The van der Waals surface area contributed by atoms with Gasteiger partial charge in [-0.3, -0.25) is 9.59 Å². The molecule has 0 aliphatic rings. The zero-order valence-corrected chi connectivity index (χ0v) is 37.9. The molecule has 13 nitrogen and oxygen atoms in total. The molecule has 0 fully saturated rings. The number of nitrogens with one attached hydrogen (secondary N) is 6. The summed E-state index contributed by atoms with van der Waals surface area (Å²) in [6.07, 6.45) is 8.41. The average Bonchev–Trinajstić information content (AvgIpc) is 3.83. The smallest absolute Gasteiger partial charge is 0.329 e. The summed E-state index contributed by atoms with van der Waals surface area (Å²) in [6.45, 7) is 18.6. The maximum absolute atomic E-state index is 13.0. The molecule has 4 aromatic rings. The van der Waals surface area contributed by atoms with Crippen molar-refractivity contribution in [2.24, 2.45) is 11.7 Å². The first-order valence-electron chi connectivity index (χ1n) is 21.5. The van der Waals surface area contributed by atoms with Crippen molar-refractivity contribution in [1.82, 2.24) is 31.2 Å². The first kappa shape index (κ1) is 49.6. The first-order chi connectivity index (χ1) is 28.3. The van der Waals surface area contributed by atoms with E-state index in [0.29, 0.717) is 12.8 Å². The third kappa shape index (κ3) is 15.4. The molecular formula is C47H73N7O6. The van der Waals surface area contributed by atoms with Crippen LogP contribution < -0.4 is 27.0 Å². The summed E-state index contributed by atoms with van der Waals surface area (Å²) in [5, 5.41) is 14.2. The van der Waals surface area contributed by atoms with Gasteiger partial charge < -0.3 is 46.4 Å². The molecule has 0 saturated carbocycles. The van der Waals surface area contributed by atoms with Crippen molar-refractivity contribution in [3.63, 3.8) is 0 Å². The highest BCUT2D eigenvalue weighted by molar-refractivity contribution is 5.90. The highest BCUT2D eigenvalue weighted by Gasteiger charge is 2.32. The summed E-state index contributed by atoms with van der Waals surface area (Å²) in [5.41, 5.74) is 9.25. The third-order valence-electron chi connectivity index (χ3n) is 10.6. The molecule has 332 valence electrons. The van der Waals surface area contributed by atoms with Crippen LogP contribution in [0.1, 0.15) is 124 Å². The molecule has 60 heavy (non-hydrogen) atoms. The predicted octanol–water partition coefficient (Wildman–Crippen LogP) is 6.94. The van der Waals surface area contributed by atoms with Crippen LogP contribution >= 0.6 is 0 Å². The fourth-order valence-electron chi connectivity index (χ4n) is 6.97. The van der Waals surface area contributed by atoms with Crippen molar-refractivity contribution in [2.45, 2.75) is 142 Å². The molecule has 0 spiro atoms. The Hall–Kier alpha value is -4.72. The van der Waals surface area contributed by atoms with E-state index in [-0.39, 0.29) is 35.5 Å². The minimum absolute atomic E-state index is 0.00438. The molecule has 13 heteroatoms. The lowest BCUT2D eigenvalue weighted by atomic mass is 9.88. The van der Waals surface area contributed by atoms with Crippen LogP contribution in [0.3, 0.4) is 0 Å². The molecular weight excluding hydrogens is 759 g/mol. The summed E-state index contributed by atoms with van der Waals surface area (Å²) >= 11 is 0. The number of rotatable bonds is 20. The van der Waals surface area contributed by atoms with E-state index >= 15 is 0 Å². The number of aromatic amines is 2. The lowest BCUT2D eigenvalue weighted by Crippen LogP contribution is -2.51. The van der Waals surface area contributed by atoms with E-state index in [1.54, 1.807) is 0 Å². The molecule has 0 saturated heterocycles. The van der Waals surface area contributed by atoms with Gasteiger partial charge in [-0.05, 0) is 136 Å². The van der Waals surface area contributed by atoms with Gasteiger partial charge in [0.2, 0.25) is 11.8 Å². The van der Waals surface area contributed by atoms with E-state index in [2.05, 4.69) is 44.2 Å². The minimum Gasteiger partial charge on any atom is -0.458 e. The van der Waals surface area contributed by atoms with Gasteiger partial charge in [0.25, 0.3) is 0 Å². The molecule has 2 aromatic heterocycles. The number of ether oxygens (including phenoxy) is 2. The maximum atomic E-state index is 13.0. The summed E-state index contributed by atoms with van der Waals surface area (Å²) in [5.74, 6) is -1.77. The molecule has 2 heterocycles. The lowest BCUT2D eigenvalue weighted by molar-refractivity contribution is -0.159. The molecule has 6 atom stereocenters. The molecule has 0 radical (unpaired) electrons. The standard InChI is InChI=1S/C24H37N3O3.C23H36N4O3/c1-16(19-15-26-20-12-8-7-11-18(19)20)17(2)22(28)27-21(13-9-10-14-25-6)23(29)30-24(3,4)5;1-15(17-14-26-18-11-7-6-10-16(17)18)20(24)21(28)27-19(12-8-9-13-25-5)22(29)30-23(2,3)4/h7-8,11-12,15-17,21,25-26H,9-10,13-14H2,1-6H3,(H,27,28);6-7,10-11,14-15,19-20,25-26H,8-9,12-13,24H2,1-5H3,(H,27,28)/t16-,17?,21?;15-,19?,20?/m10/s1. The summed E-state index contributed by atoms with van der Waals surface area (Å²) in [6, 6.07) is 13.9. The van der Waals surface area contributed by atoms with Crippen LogP contribution in [0.25, 0.3) is 21.8 Å². The molecule has 8 N–H and O–H groups in total. The quantitative estimate of drug-likeness (QED) is 0.0365. The Morgan fingerprint density at radius 1 is 0.617 bits per heavy atom. The van der Waals surface area contributed by atoms with E-state index < -0.39 is 35.3 Å². The van der Waals surface area contributed by atoms with Gasteiger partial charge in [0.15, 0.2) is 0 Å². The fraction of sp³-hybridized carbons (Fsp3) is 0.574. The normalized spacial score (nSPS) is 14.9. The number of esters is 2. The van der Waals surface area contributed by atoms with Crippen molar-refractivity contribution >= 4 is 45.6 Å². The number of hydrogen-bond donors (Lipinski definition) is 7. The number of nitrogens with two attached hydrogens (primary N) is 1. The highest BCUT2D eigenvalue weighted by Crippen LogP contribution is 2.31. The van der Waals surface area contributed by atoms with Gasteiger partial charge in [-0.25, -0.2) is 9.59 Å². The van der Waals surface area contributed by atoms with Crippen LogP contribution in [-0.4, -0.2) is 90.2 Å². The van der Waals surface area contributed by atoms with E-state index in [1.807, 2.05) is 124 Å². The number of carbonyl (C=O) groups is 4. The zero-order chi connectivity index (χ0) is 44.6. The fourth-order valence-corrected chi connectivity index (χ4v) is 6.97. The average molecular weight is 832 g/mol. The molecule has 0 bridgehead atoms. The Morgan fingerprint density at radius 2 is 1.02 bits per heavy atom. The van der Waals surface area contributed by atoms with Crippen LogP contribution in [0.4, 0.5) is 0 Å². The van der Waals surface area contributed by atoms with Gasteiger partial charge in [0.05, 0.1) is 6.04 Å². The summed E-state index contributed by atoms with van der Waals surface area (Å²) in [7, 11) is 3.79. The number of fused-ring (bicyclic) bond motifs is 2. The summed E-state index contributed by atoms with van der Waals surface area (Å²) < 4.78 is 11.1. The SMILES string of the molecule is CNCCCCC(NC(=O)C(C)[C@@H](C)c1c[nH]c2ccccc12)C(=O)OC(C)(C)C.CNCCCCC(NC(=O)C(N)[C@@H](C)c1c[nH]c2ccccc12)C(=O)OC(C)(C)C. The van der Waals surface area contributed by atoms with E-state index in [4.69, 9.17) is 15.2 Å². The van der Waals surface area contributed by atoms with Gasteiger partial charge in [-0.2, -0.15) is 0 Å². The highest BCUT2D eigenvalue weighted by atomic mass is 16.6. The molecule has 2 amide bonds. The van der Waals surface area contributed by atoms with E-state index in [1.165, 1.54) is 0 Å². The predicted molar refractivity (Wildman–Crippen MR) is 242 cm³/mol. The molecule has 4 unspecified atom stereocenters. The van der Waals surface area contributed by atoms with Gasteiger partial charge in [0.1, 0.15) is 23.3 Å². The number of amides is 2. The zero-order valence-electron chi connectivity index (χ0n) is 37.9. The molecule has 2 aromatic carbocycles. The largest absolute Gasteiger partial charge is 0.458 e. The Kier molecular flexibility index (Phi) is 19.3. The Labute approximate surface area is 357 Å². The number of H-pyrrole nitrogens is 2. The Balaban J connectivity index is 0.000000320. The molecule has 0 aliphatic carbocycles. The number of carbonyl (C=O) groups excluding carboxylic acids is 4. The minimum atomic E-state index is -0.786. The van der Waals surface area contributed by atoms with Crippen LogP contribution in [0, 0.1) is 5.92 Å². The van der Waals surface area contributed by atoms with Crippen LogP contribution in [0.5, 0.6) is 0 Å². The van der Waals surface area contributed by atoms with Crippen molar-refractivity contribution in [3.05, 3.63) is 72.1 Å².